The van der Waals surface area contributed by atoms with Gasteiger partial charge in [-0.15, -0.1) is 0 Å². The number of carbonyl (C=O) groups is 1. The number of nitrogens with two attached hydrogens (primary N) is 2. The fourth-order valence-corrected chi connectivity index (χ4v) is 1.26. The molecule has 0 bridgehead atoms. The van der Waals surface area contributed by atoms with Crippen LogP contribution in [0.2, 0.25) is 0 Å². The van der Waals surface area contributed by atoms with E-state index >= 15 is 0 Å². The summed E-state index contributed by atoms with van der Waals surface area (Å²) in [5.41, 5.74) is 11.4. The molecule has 1 aliphatic heterocycles. The van der Waals surface area contributed by atoms with Crippen LogP contribution in [0.3, 0.4) is 0 Å². The van der Waals surface area contributed by atoms with Gasteiger partial charge in [-0.25, -0.2) is 0 Å². The van der Waals surface area contributed by atoms with E-state index in [2.05, 4.69) is 5.32 Å². The summed E-state index contributed by atoms with van der Waals surface area (Å²) < 4.78 is 0. The quantitative estimate of drug-likeness (QED) is 0.391. The Morgan fingerprint density at radius 2 is 2.33 bits per heavy atom. The summed E-state index contributed by atoms with van der Waals surface area (Å²) in [5.74, 6) is -0.556. The Balaban J connectivity index is 3.08. The highest BCUT2D eigenvalue weighted by Gasteiger charge is 2.19. The standard InChI is InChI=1S/C7H10ClN3O/c1-3-2-4(7(10)12)5(9)6(8)11-3/h2,6,11H,9H2,1H3,(H2,10,12). The number of halogens is 1. The zero-order valence-electron chi connectivity index (χ0n) is 6.60. The topological polar surface area (TPSA) is 81.1 Å². The molecule has 1 aliphatic rings. The lowest BCUT2D eigenvalue weighted by Gasteiger charge is -2.20. The van der Waals surface area contributed by atoms with Gasteiger partial charge in [0.15, 0.2) is 0 Å². The van der Waals surface area contributed by atoms with Crippen LogP contribution >= 0.6 is 11.6 Å². The zero-order valence-corrected chi connectivity index (χ0v) is 7.35. The van der Waals surface area contributed by atoms with Gasteiger partial charge in [-0.05, 0) is 13.0 Å². The molecule has 0 aromatic rings. The van der Waals surface area contributed by atoms with E-state index < -0.39 is 11.4 Å². The smallest absolute Gasteiger partial charge is 0.250 e. The van der Waals surface area contributed by atoms with Gasteiger partial charge in [0.1, 0.15) is 5.50 Å². The first-order valence-corrected chi connectivity index (χ1v) is 3.84. The number of allylic oxidation sites excluding steroid dienone is 1. The molecule has 4 nitrogen and oxygen atoms in total. The van der Waals surface area contributed by atoms with Crippen LogP contribution in [0.25, 0.3) is 0 Å². The van der Waals surface area contributed by atoms with E-state index in [-0.39, 0.29) is 11.3 Å². The number of dihydropyridines is 1. The monoisotopic (exact) mass is 187 g/mol. The first-order chi connectivity index (χ1) is 5.52. The lowest BCUT2D eigenvalue weighted by molar-refractivity contribution is -0.114. The van der Waals surface area contributed by atoms with Crippen molar-refractivity contribution in [3.63, 3.8) is 0 Å². The second kappa shape index (κ2) is 3.06. The van der Waals surface area contributed by atoms with E-state index in [1.54, 1.807) is 13.0 Å². The molecule has 12 heavy (non-hydrogen) atoms. The maximum absolute atomic E-state index is 10.8. The van der Waals surface area contributed by atoms with Crippen LogP contribution in [0.4, 0.5) is 0 Å². The van der Waals surface area contributed by atoms with Crippen molar-refractivity contribution in [2.75, 3.05) is 0 Å². The normalized spacial score (nSPS) is 23.2. The summed E-state index contributed by atoms with van der Waals surface area (Å²) in [5, 5.41) is 2.85. The zero-order chi connectivity index (χ0) is 9.30. The minimum atomic E-state index is -0.556. The van der Waals surface area contributed by atoms with Crippen LogP contribution < -0.4 is 16.8 Å². The van der Waals surface area contributed by atoms with Gasteiger partial charge in [0.25, 0.3) is 5.91 Å². The van der Waals surface area contributed by atoms with E-state index in [1.807, 2.05) is 0 Å². The van der Waals surface area contributed by atoms with E-state index in [0.717, 1.165) is 5.70 Å². The van der Waals surface area contributed by atoms with Crippen LogP contribution in [0.5, 0.6) is 0 Å². The molecular weight excluding hydrogens is 178 g/mol. The maximum atomic E-state index is 10.8. The fraction of sp³-hybridized carbons (Fsp3) is 0.286. The molecule has 1 atom stereocenters. The molecule has 1 heterocycles. The Morgan fingerprint density at radius 1 is 1.75 bits per heavy atom. The third kappa shape index (κ3) is 1.53. The molecule has 0 saturated heterocycles. The van der Waals surface area contributed by atoms with Crippen molar-refractivity contribution in [2.24, 2.45) is 11.5 Å². The van der Waals surface area contributed by atoms with Gasteiger partial charge >= 0.3 is 0 Å². The number of alkyl halides is 1. The second-order valence-electron chi connectivity index (χ2n) is 2.57. The van der Waals surface area contributed by atoms with E-state index in [1.165, 1.54) is 0 Å². The van der Waals surface area contributed by atoms with Gasteiger partial charge in [0.2, 0.25) is 0 Å². The first kappa shape index (κ1) is 8.93. The summed E-state index contributed by atoms with van der Waals surface area (Å²) >= 11 is 5.76. The number of nitrogens with one attached hydrogen (secondary N) is 1. The van der Waals surface area contributed by atoms with Crippen molar-refractivity contribution in [3.8, 4) is 0 Å². The Morgan fingerprint density at radius 3 is 2.83 bits per heavy atom. The van der Waals surface area contributed by atoms with Gasteiger partial charge < -0.3 is 16.8 Å². The predicted molar refractivity (Wildman–Crippen MR) is 46.9 cm³/mol. The number of hydrogen-bond acceptors (Lipinski definition) is 3. The molecule has 5 N–H and O–H groups in total. The molecule has 66 valence electrons. The van der Waals surface area contributed by atoms with E-state index in [9.17, 15) is 4.79 Å². The Hall–Kier alpha value is -1.16. The highest BCUT2D eigenvalue weighted by atomic mass is 35.5. The minimum absolute atomic E-state index is 0.273. The fourth-order valence-electron chi connectivity index (χ4n) is 0.969. The molecule has 0 aromatic carbocycles. The molecule has 0 spiro atoms. The van der Waals surface area contributed by atoms with Crippen molar-refractivity contribution >= 4 is 17.5 Å². The number of amides is 1. The number of rotatable bonds is 1. The highest BCUT2D eigenvalue weighted by Crippen LogP contribution is 2.16. The van der Waals surface area contributed by atoms with Gasteiger partial charge in [-0.2, -0.15) is 0 Å². The van der Waals surface area contributed by atoms with Crippen LogP contribution in [-0.4, -0.2) is 11.4 Å². The van der Waals surface area contributed by atoms with Crippen LogP contribution in [0.1, 0.15) is 6.92 Å². The predicted octanol–water partition coefficient (Wildman–Crippen LogP) is -0.244. The molecule has 0 saturated carbocycles. The Labute approximate surface area is 75.2 Å². The number of carbonyl (C=O) groups excluding carboxylic acids is 1. The maximum Gasteiger partial charge on any atom is 0.250 e. The average Bonchev–Trinajstić information content (AvgIpc) is 1.96. The van der Waals surface area contributed by atoms with Gasteiger partial charge in [0, 0.05) is 5.70 Å². The first-order valence-electron chi connectivity index (χ1n) is 3.40. The van der Waals surface area contributed by atoms with Crippen molar-refractivity contribution in [1.82, 2.24) is 5.32 Å². The lowest BCUT2D eigenvalue weighted by atomic mass is 10.1. The molecular formula is C7H10ClN3O. The average molecular weight is 188 g/mol. The molecule has 1 unspecified atom stereocenters. The number of primary amides is 1. The molecule has 0 aromatic heterocycles. The third-order valence-electron chi connectivity index (χ3n) is 1.56. The van der Waals surface area contributed by atoms with Gasteiger partial charge in [-0.1, -0.05) is 11.6 Å². The Bertz CT molecular complexity index is 282. The molecule has 0 aliphatic carbocycles. The summed E-state index contributed by atoms with van der Waals surface area (Å²) in [6.45, 7) is 1.78. The van der Waals surface area contributed by atoms with Crippen LogP contribution in [0, 0.1) is 0 Å². The summed E-state index contributed by atoms with van der Waals surface area (Å²) in [6, 6.07) is 0. The minimum Gasteiger partial charge on any atom is -0.399 e. The second-order valence-corrected chi connectivity index (χ2v) is 3.00. The lowest BCUT2D eigenvalue weighted by Crippen LogP contribution is -2.35. The SMILES string of the molecule is CC1=CC(C(N)=O)=C(N)C(Cl)N1. The largest absolute Gasteiger partial charge is 0.399 e. The van der Waals surface area contributed by atoms with E-state index in [4.69, 9.17) is 23.1 Å². The molecule has 0 fully saturated rings. The van der Waals surface area contributed by atoms with Crippen molar-refractivity contribution in [1.29, 1.82) is 0 Å². The third-order valence-corrected chi connectivity index (χ3v) is 1.91. The summed E-state index contributed by atoms with van der Waals surface area (Å²) in [4.78, 5) is 10.8. The summed E-state index contributed by atoms with van der Waals surface area (Å²) in [6.07, 6.45) is 1.58. The van der Waals surface area contributed by atoms with Crippen molar-refractivity contribution in [3.05, 3.63) is 23.0 Å². The van der Waals surface area contributed by atoms with Crippen molar-refractivity contribution in [2.45, 2.75) is 12.4 Å². The molecule has 1 rings (SSSR count). The Kier molecular flexibility index (Phi) is 2.28. The molecule has 1 amide bonds. The number of hydrogen-bond donors (Lipinski definition) is 3. The van der Waals surface area contributed by atoms with E-state index in [0.29, 0.717) is 0 Å². The van der Waals surface area contributed by atoms with Crippen LogP contribution in [-0.2, 0) is 4.79 Å². The van der Waals surface area contributed by atoms with Gasteiger partial charge in [-0.3, -0.25) is 4.79 Å². The van der Waals surface area contributed by atoms with Gasteiger partial charge in [0.05, 0.1) is 11.3 Å². The van der Waals surface area contributed by atoms with Crippen molar-refractivity contribution < 1.29 is 4.79 Å². The molecule has 0 radical (unpaired) electrons. The summed E-state index contributed by atoms with van der Waals surface area (Å²) in [7, 11) is 0. The van der Waals surface area contributed by atoms with Crippen LogP contribution in [0.15, 0.2) is 23.0 Å². The highest BCUT2D eigenvalue weighted by molar-refractivity contribution is 6.22. The molecule has 5 heteroatoms.